The predicted molar refractivity (Wildman–Crippen MR) is 48.5 cm³/mol. The molecule has 0 aromatic heterocycles. The van der Waals surface area contributed by atoms with E-state index in [1.807, 2.05) is 24.3 Å². The van der Waals surface area contributed by atoms with E-state index in [1.165, 1.54) is 0 Å². The van der Waals surface area contributed by atoms with Crippen molar-refractivity contribution in [3.8, 4) is 0 Å². The summed E-state index contributed by atoms with van der Waals surface area (Å²) in [5, 5.41) is 7.19. The largest absolute Gasteiger partial charge is 0.260 e. The van der Waals surface area contributed by atoms with Crippen molar-refractivity contribution in [1.29, 1.82) is 0 Å². The molecule has 0 fully saturated rings. The van der Waals surface area contributed by atoms with Gasteiger partial charge in [0.05, 0.1) is 12.7 Å². The average Bonchev–Trinajstić information content (AvgIpc) is 2.04. The van der Waals surface area contributed by atoms with Crippen LogP contribution in [0.25, 0.3) is 0 Å². The number of rotatable bonds is 2. The van der Waals surface area contributed by atoms with Crippen LogP contribution in [-0.4, -0.2) is 7.05 Å². The van der Waals surface area contributed by atoms with E-state index in [0.29, 0.717) is 0 Å². The number of benzene rings is 1. The van der Waals surface area contributed by atoms with Crippen molar-refractivity contribution in [3.05, 3.63) is 28.7 Å². The molecule has 4 heteroatoms. The molecule has 1 N–H and O–H groups in total. The van der Waals surface area contributed by atoms with Gasteiger partial charge in [-0.1, -0.05) is 21.2 Å². The molecule has 58 valence electrons. The number of nitrogens with one attached hydrogen (secondary N) is 1. The van der Waals surface area contributed by atoms with E-state index in [9.17, 15) is 0 Å². The van der Waals surface area contributed by atoms with Gasteiger partial charge in [0.1, 0.15) is 0 Å². The molecule has 0 bridgehead atoms. The van der Waals surface area contributed by atoms with Gasteiger partial charge in [0.15, 0.2) is 0 Å². The van der Waals surface area contributed by atoms with Crippen molar-refractivity contribution < 1.29 is 0 Å². The molecule has 1 rings (SSSR count). The smallest absolute Gasteiger partial charge is 0.0579 e. The third kappa shape index (κ3) is 2.67. The molecule has 0 atom stereocenters. The molecule has 0 saturated carbocycles. The first-order chi connectivity index (χ1) is 5.33. The lowest BCUT2D eigenvalue weighted by Crippen LogP contribution is -1.84. The molecule has 0 amide bonds. The van der Waals surface area contributed by atoms with Gasteiger partial charge in [-0.15, -0.1) is 0 Å². The van der Waals surface area contributed by atoms with Crippen molar-refractivity contribution >= 4 is 21.6 Å². The van der Waals surface area contributed by atoms with E-state index in [2.05, 4.69) is 31.7 Å². The molecular weight excluding hydrogens is 206 g/mol. The highest BCUT2D eigenvalue weighted by molar-refractivity contribution is 9.10. The summed E-state index contributed by atoms with van der Waals surface area (Å²) >= 11 is 3.33. The first kappa shape index (κ1) is 8.20. The highest BCUT2D eigenvalue weighted by Crippen LogP contribution is 2.13. The maximum absolute atomic E-state index is 3.63. The molecule has 1 aromatic rings. The Hall–Kier alpha value is -0.900. The topological polar surface area (TPSA) is 36.8 Å². The minimum absolute atomic E-state index is 0.929. The zero-order valence-electron chi connectivity index (χ0n) is 6.08. The molecule has 0 aliphatic heterocycles. The lowest BCUT2D eigenvalue weighted by Gasteiger charge is -1.96. The van der Waals surface area contributed by atoms with Crippen molar-refractivity contribution in [3.63, 3.8) is 0 Å². The van der Waals surface area contributed by atoms with Gasteiger partial charge in [0.25, 0.3) is 0 Å². The van der Waals surface area contributed by atoms with Crippen LogP contribution in [0.15, 0.2) is 39.1 Å². The second-order valence-electron chi connectivity index (χ2n) is 1.92. The zero-order chi connectivity index (χ0) is 8.10. The van der Waals surface area contributed by atoms with Crippen LogP contribution in [0.4, 0.5) is 5.69 Å². The lowest BCUT2D eigenvalue weighted by atomic mass is 10.3. The highest BCUT2D eigenvalue weighted by atomic mass is 79.9. The third-order valence-corrected chi connectivity index (χ3v) is 1.65. The van der Waals surface area contributed by atoms with Crippen LogP contribution in [0.2, 0.25) is 0 Å². The molecular formula is C7H8BrN3. The molecule has 0 unspecified atom stereocenters. The van der Waals surface area contributed by atoms with Crippen LogP contribution in [0.3, 0.4) is 0 Å². The minimum Gasteiger partial charge on any atom is -0.260 e. The fourth-order valence-corrected chi connectivity index (χ4v) is 0.896. The molecule has 0 aliphatic carbocycles. The van der Waals surface area contributed by atoms with Crippen LogP contribution in [0, 0.1) is 0 Å². The second-order valence-corrected chi connectivity index (χ2v) is 2.83. The summed E-state index contributed by atoms with van der Waals surface area (Å²) in [5.41, 5.74) is 3.69. The monoisotopic (exact) mass is 213 g/mol. The second kappa shape index (κ2) is 4.08. The van der Waals surface area contributed by atoms with E-state index >= 15 is 0 Å². The number of halogens is 1. The van der Waals surface area contributed by atoms with Crippen molar-refractivity contribution in [2.24, 2.45) is 10.3 Å². The molecule has 0 heterocycles. The van der Waals surface area contributed by atoms with Gasteiger partial charge >= 0.3 is 0 Å². The van der Waals surface area contributed by atoms with Gasteiger partial charge in [0, 0.05) is 4.47 Å². The number of hydrogen-bond donors (Lipinski definition) is 1. The van der Waals surface area contributed by atoms with Gasteiger partial charge in [-0.2, -0.15) is 5.11 Å². The van der Waals surface area contributed by atoms with E-state index in [0.717, 1.165) is 10.2 Å². The summed E-state index contributed by atoms with van der Waals surface area (Å²) < 4.78 is 1.05. The number of anilines is 1. The SMILES string of the molecule is CN=NNc1ccc(Br)cc1. The van der Waals surface area contributed by atoms with Gasteiger partial charge in [-0.3, -0.25) is 5.43 Å². The summed E-state index contributed by atoms with van der Waals surface area (Å²) in [4.78, 5) is 0. The summed E-state index contributed by atoms with van der Waals surface area (Å²) in [5.74, 6) is 0. The Kier molecular flexibility index (Phi) is 3.04. The molecule has 0 radical (unpaired) electrons. The average molecular weight is 214 g/mol. The lowest BCUT2D eigenvalue weighted by molar-refractivity contribution is 1.08. The summed E-state index contributed by atoms with van der Waals surface area (Å²) in [6.07, 6.45) is 0. The van der Waals surface area contributed by atoms with Gasteiger partial charge in [-0.25, -0.2) is 0 Å². The molecule has 0 spiro atoms. The van der Waals surface area contributed by atoms with Crippen molar-refractivity contribution in [2.45, 2.75) is 0 Å². The van der Waals surface area contributed by atoms with E-state index in [4.69, 9.17) is 0 Å². The molecule has 11 heavy (non-hydrogen) atoms. The zero-order valence-corrected chi connectivity index (χ0v) is 7.67. The Bertz CT molecular complexity index is 242. The van der Waals surface area contributed by atoms with Gasteiger partial charge in [0.2, 0.25) is 0 Å². The predicted octanol–water partition coefficient (Wildman–Crippen LogP) is 2.86. The fourth-order valence-electron chi connectivity index (χ4n) is 0.632. The Balaban J connectivity index is 2.66. The Morgan fingerprint density at radius 3 is 2.45 bits per heavy atom. The van der Waals surface area contributed by atoms with Crippen molar-refractivity contribution in [2.75, 3.05) is 12.5 Å². The van der Waals surface area contributed by atoms with E-state index in [1.54, 1.807) is 7.05 Å². The molecule has 0 saturated heterocycles. The standard InChI is InChI=1S/C7H8BrN3/c1-9-11-10-7-4-2-6(8)3-5-7/h2-5H,1H3,(H,9,10). The van der Waals surface area contributed by atoms with Crippen LogP contribution < -0.4 is 5.43 Å². The van der Waals surface area contributed by atoms with Crippen LogP contribution in [-0.2, 0) is 0 Å². The number of nitrogens with zero attached hydrogens (tertiary/aromatic N) is 2. The molecule has 0 aliphatic rings. The van der Waals surface area contributed by atoms with Crippen LogP contribution >= 0.6 is 15.9 Å². The first-order valence-electron chi connectivity index (χ1n) is 3.13. The number of hydrogen-bond acceptors (Lipinski definition) is 2. The Labute approximate surface area is 73.6 Å². The normalized spacial score (nSPS) is 10.4. The van der Waals surface area contributed by atoms with Gasteiger partial charge < -0.3 is 0 Å². The maximum atomic E-state index is 3.63. The Morgan fingerprint density at radius 2 is 1.91 bits per heavy atom. The quantitative estimate of drug-likeness (QED) is 0.596. The van der Waals surface area contributed by atoms with Crippen LogP contribution in [0.5, 0.6) is 0 Å². The van der Waals surface area contributed by atoms with Gasteiger partial charge in [-0.05, 0) is 24.3 Å². The minimum atomic E-state index is 0.929. The summed E-state index contributed by atoms with van der Waals surface area (Å²) in [7, 11) is 1.62. The molecule has 1 aromatic carbocycles. The Morgan fingerprint density at radius 1 is 1.27 bits per heavy atom. The summed E-state index contributed by atoms with van der Waals surface area (Å²) in [6, 6.07) is 7.71. The molecule has 3 nitrogen and oxygen atoms in total. The summed E-state index contributed by atoms with van der Waals surface area (Å²) in [6.45, 7) is 0. The maximum Gasteiger partial charge on any atom is 0.0579 e. The van der Waals surface area contributed by atoms with Crippen LogP contribution in [0.1, 0.15) is 0 Å². The highest BCUT2D eigenvalue weighted by Gasteiger charge is 1.87. The van der Waals surface area contributed by atoms with E-state index in [-0.39, 0.29) is 0 Å². The first-order valence-corrected chi connectivity index (χ1v) is 3.92. The third-order valence-electron chi connectivity index (χ3n) is 1.12. The fraction of sp³-hybridized carbons (Fsp3) is 0.143. The van der Waals surface area contributed by atoms with Crippen molar-refractivity contribution in [1.82, 2.24) is 0 Å². The van der Waals surface area contributed by atoms with E-state index < -0.39 is 0 Å².